The Balaban J connectivity index is 2.05. The van der Waals surface area contributed by atoms with Gasteiger partial charge in [-0.2, -0.15) is 26.3 Å². The molecule has 1 aromatic heterocycles. The third-order valence-corrected chi connectivity index (χ3v) is 5.29. The lowest BCUT2D eigenvalue weighted by Gasteiger charge is -2.37. The minimum absolute atomic E-state index is 0.00307. The van der Waals surface area contributed by atoms with Gasteiger partial charge in [0.2, 0.25) is 5.91 Å². The van der Waals surface area contributed by atoms with Gasteiger partial charge in [0.25, 0.3) is 0 Å². The van der Waals surface area contributed by atoms with Crippen molar-refractivity contribution in [2.24, 2.45) is 0 Å². The van der Waals surface area contributed by atoms with E-state index in [1.54, 1.807) is 12.1 Å². The van der Waals surface area contributed by atoms with E-state index in [-0.39, 0.29) is 29.2 Å². The Bertz CT molecular complexity index is 1030. The van der Waals surface area contributed by atoms with Crippen molar-refractivity contribution >= 4 is 33.6 Å². The number of fused-ring (bicyclic) bond motifs is 1. The van der Waals surface area contributed by atoms with Gasteiger partial charge in [-0.1, -0.05) is 28.1 Å². The van der Waals surface area contributed by atoms with E-state index in [1.807, 2.05) is 0 Å². The van der Waals surface area contributed by atoms with Gasteiger partial charge in [0.15, 0.2) is 0 Å². The number of hydrazine groups is 1. The summed E-state index contributed by atoms with van der Waals surface area (Å²) >= 11 is 2.88. The van der Waals surface area contributed by atoms with Crippen LogP contribution in [0.25, 0.3) is 0 Å². The summed E-state index contributed by atoms with van der Waals surface area (Å²) in [6.45, 7) is -0.525. The molecule has 0 spiro atoms. The van der Waals surface area contributed by atoms with Crippen molar-refractivity contribution in [1.82, 2.24) is 15.4 Å². The molecule has 0 bridgehead atoms. The second kappa shape index (κ2) is 8.89. The van der Waals surface area contributed by atoms with E-state index < -0.39 is 42.1 Å². The molecule has 0 saturated carbocycles. The minimum atomic E-state index is -6.30. The zero-order valence-electron chi connectivity index (χ0n) is 16.3. The second-order valence-electron chi connectivity index (χ2n) is 6.93. The predicted molar refractivity (Wildman–Crippen MR) is 105 cm³/mol. The molecular weight excluding hydrogens is 529 g/mol. The third kappa shape index (κ3) is 4.53. The molecule has 33 heavy (non-hydrogen) atoms. The molecule has 0 radical (unpaired) electrons. The summed E-state index contributed by atoms with van der Waals surface area (Å²) in [5, 5.41) is 0.468. The van der Waals surface area contributed by atoms with Crippen molar-refractivity contribution in [3.05, 3.63) is 59.4 Å². The Morgan fingerprint density at radius 1 is 1.09 bits per heavy atom. The molecule has 3 rings (SSSR count). The molecule has 1 aromatic carbocycles. The molecule has 0 saturated heterocycles. The molecule has 1 N–H and O–H groups in total. The number of carbonyl (C=O) groups excluding carboxylic acids is 2. The molecule has 1 aliphatic heterocycles. The molecule has 0 atom stereocenters. The number of benzene rings is 1. The lowest BCUT2D eigenvalue weighted by atomic mass is 9.91. The lowest BCUT2D eigenvalue weighted by Crippen LogP contribution is -2.55. The number of nitrogens with one attached hydrogen (secondary N) is 1. The number of alkyl halides is 8. The summed E-state index contributed by atoms with van der Waals surface area (Å²) in [5.41, 5.74) is -4.65. The first-order valence-electron chi connectivity index (χ1n) is 9.10. The van der Waals surface area contributed by atoms with E-state index in [0.717, 1.165) is 5.01 Å². The van der Waals surface area contributed by atoms with Crippen LogP contribution in [0.4, 0.5) is 41.2 Å². The number of anilines is 1. The zero-order chi connectivity index (χ0) is 24.6. The Morgan fingerprint density at radius 2 is 1.76 bits per heavy atom. The van der Waals surface area contributed by atoms with Crippen LogP contribution in [0.2, 0.25) is 0 Å². The fourth-order valence-corrected chi connectivity index (χ4v) is 3.46. The minimum Gasteiger partial charge on any atom is -0.273 e. The van der Waals surface area contributed by atoms with E-state index in [4.69, 9.17) is 0 Å². The highest BCUT2D eigenvalue weighted by molar-refractivity contribution is 9.09. The number of amides is 3. The summed E-state index contributed by atoms with van der Waals surface area (Å²) in [6.07, 6.45) is -9.64. The Labute approximate surface area is 190 Å². The number of hydrogen-bond donors (Lipinski definition) is 1. The van der Waals surface area contributed by atoms with Crippen LogP contribution >= 0.6 is 15.9 Å². The summed E-state index contributed by atoms with van der Waals surface area (Å²) in [4.78, 5) is 29.6. The number of hydrogen-bond acceptors (Lipinski definition) is 4. The van der Waals surface area contributed by atoms with E-state index in [9.17, 15) is 40.3 Å². The Morgan fingerprint density at radius 3 is 2.30 bits per heavy atom. The molecule has 178 valence electrons. The fourth-order valence-electron chi connectivity index (χ4n) is 3.21. The number of carbonyl (C=O) groups is 2. The molecule has 6 nitrogen and oxygen atoms in total. The number of rotatable bonds is 5. The molecule has 0 fully saturated rings. The number of urea groups is 1. The normalized spacial score (nSPS) is 15.0. The van der Waals surface area contributed by atoms with Crippen LogP contribution in [0.1, 0.15) is 16.7 Å². The first-order chi connectivity index (χ1) is 15.3. The van der Waals surface area contributed by atoms with Gasteiger partial charge in [-0.05, 0) is 29.3 Å². The van der Waals surface area contributed by atoms with Gasteiger partial charge in [0.1, 0.15) is 0 Å². The Kier molecular flexibility index (Phi) is 6.71. The second-order valence-corrected chi connectivity index (χ2v) is 7.49. The first-order valence-corrected chi connectivity index (χ1v) is 10.2. The lowest BCUT2D eigenvalue weighted by molar-refractivity contribution is -0.348. The maximum Gasteiger partial charge on any atom is 0.435 e. The number of halogens is 8. The van der Waals surface area contributed by atoms with Gasteiger partial charge in [-0.25, -0.2) is 19.5 Å². The average Bonchev–Trinajstić information content (AvgIpc) is 2.75. The molecule has 1 aliphatic rings. The smallest absolute Gasteiger partial charge is 0.273 e. The van der Waals surface area contributed by atoms with Crippen molar-refractivity contribution in [2.45, 2.75) is 31.1 Å². The largest absolute Gasteiger partial charge is 0.435 e. The van der Waals surface area contributed by atoms with E-state index in [1.165, 1.54) is 12.4 Å². The van der Waals surface area contributed by atoms with Crippen LogP contribution in [0.5, 0.6) is 0 Å². The molecule has 2 heterocycles. The third-order valence-electron chi connectivity index (χ3n) is 4.81. The molecular formula is C19H14BrF7N4O2. The summed E-state index contributed by atoms with van der Waals surface area (Å²) in [6, 6.07) is 3.64. The van der Waals surface area contributed by atoms with Gasteiger partial charge in [-0.15, -0.1) is 0 Å². The van der Waals surface area contributed by atoms with Crippen LogP contribution in [0.15, 0.2) is 42.7 Å². The van der Waals surface area contributed by atoms with Crippen molar-refractivity contribution in [1.29, 1.82) is 0 Å². The van der Waals surface area contributed by atoms with E-state index >= 15 is 0 Å². The molecule has 3 amide bonds. The number of pyridine rings is 1. The number of nitrogens with zero attached hydrogens (tertiary/aromatic N) is 3. The van der Waals surface area contributed by atoms with E-state index in [0.29, 0.717) is 22.6 Å². The number of imide groups is 1. The van der Waals surface area contributed by atoms with Gasteiger partial charge in [0.05, 0.1) is 17.6 Å². The maximum atomic E-state index is 14.5. The molecule has 0 unspecified atom stereocenters. The topological polar surface area (TPSA) is 65.5 Å². The van der Waals surface area contributed by atoms with Crippen LogP contribution in [-0.4, -0.2) is 39.6 Å². The predicted octanol–water partition coefficient (Wildman–Crippen LogP) is 4.74. The maximum absolute atomic E-state index is 14.5. The average molecular weight is 543 g/mol. The quantitative estimate of drug-likeness (QED) is 0.438. The van der Waals surface area contributed by atoms with Gasteiger partial charge < -0.3 is 0 Å². The van der Waals surface area contributed by atoms with Crippen molar-refractivity contribution in [3.8, 4) is 0 Å². The summed E-state index contributed by atoms with van der Waals surface area (Å²) < 4.78 is 93.6. The Hall–Kier alpha value is -2.74. The monoisotopic (exact) mass is 542 g/mol. The highest BCUT2D eigenvalue weighted by Gasteiger charge is 2.73. The molecule has 14 heteroatoms. The van der Waals surface area contributed by atoms with Crippen molar-refractivity contribution in [3.63, 3.8) is 0 Å². The standard InChI is InChI=1S/C19H14BrF7N4O2/c20-7-15(32)31-14-4-3-13(17(21,18(22,23)24)19(25,26)27)6-12(14)10-30(16(31)33)29-9-11-2-1-5-28-8-11/h1-6,8,29H,7,9-10H2. The first kappa shape index (κ1) is 24.9. The highest BCUT2D eigenvalue weighted by atomic mass is 79.9. The number of aromatic nitrogens is 1. The van der Waals surface area contributed by atoms with Crippen LogP contribution in [-0.2, 0) is 23.6 Å². The van der Waals surface area contributed by atoms with Gasteiger partial charge in [-0.3, -0.25) is 14.8 Å². The summed E-state index contributed by atoms with van der Waals surface area (Å²) in [5.74, 6) is -0.833. The fraction of sp³-hybridized carbons (Fsp3) is 0.316. The van der Waals surface area contributed by atoms with E-state index in [2.05, 4.69) is 26.3 Å². The summed E-state index contributed by atoms with van der Waals surface area (Å²) in [7, 11) is 0. The molecule has 0 aliphatic carbocycles. The van der Waals surface area contributed by atoms with Crippen LogP contribution < -0.4 is 10.3 Å². The van der Waals surface area contributed by atoms with Gasteiger partial charge >= 0.3 is 24.1 Å². The van der Waals surface area contributed by atoms with Crippen LogP contribution in [0, 0.1) is 0 Å². The van der Waals surface area contributed by atoms with Crippen LogP contribution in [0.3, 0.4) is 0 Å². The highest BCUT2D eigenvalue weighted by Crippen LogP contribution is 2.53. The SMILES string of the molecule is O=C(CBr)N1C(=O)N(NCc2cccnc2)Cc2cc(C(F)(C(F)(F)F)C(F)(F)F)ccc21. The molecule has 2 aromatic rings. The van der Waals surface area contributed by atoms with Crippen molar-refractivity contribution in [2.75, 3.05) is 10.2 Å². The zero-order valence-corrected chi connectivity index (χ0v) is 17.9. The van der Waals surface area contributed by atoms with Gasteiger partial charge in [0, 0.05) is 24.5 Å². The van der Waals surface area contributed by atoms with Crippen molar-refractivity contribution < 1.29 is 40.3 Å².